The number of hydrogen-bond acceptors (Lipinski definition) is 8. The third kappa shape index (κ3) is 15.1. The summed E-state index contributed by atoms with van der Waals surface area (Å²) < 4.78 is 13.5. The van der Waals surface area contributed by atoms with Gasteiger partial charge in [0, 0.05) is 13.0 Å². The first kappa shape index (κ1) is 39.7. The largest absolute Gasteiger partial charge is 0.394 e. The van der Waals surface area contributed by atoms with Crippen LogP contribution in [-0.4, -0.2) is 84.0 Å². The summed E-state index contributed by atoms with van der Waals surface area (Å²) in [6.45, 7) is 6.92. The molecule has 0 aliphatic rings. The molecule has 16 heteroatoms. The van der Waals surface area contributed by atoms with Crippen molar-refractivity contribution in [3.05, 3.63) is 35.6 Å². The van der Waals surface area contributed by atoms with E-state index in [0.717, 1.165) is 0 Å². The molecule has 0 aliphatic heterocycles. The maximum Gasteiger partial charge on any atom is 0.243 e. The van der Waals surface area contributed by atoms with Gasteiger partial charge < -0.3 is 49.3 Å². The molecule has 5 amide bonds. The van der Waals surface area contributed by atoms with E-state index in [1.807, 2.05) is 27.7 Å². The number of aliphatic hydroxyl groups is 1. The number of halogens is 1. The summed E-state index contributed by atoms with van der Waals surface area (Å²) in [6, 6.07) is -0.479. The minimum absolute atomic E-state index is 0.0471. The number of aliphatic hydroxyl groups excluding tert-OH is 1. The Kier molecular flexibility index (Phi) is 17.2. The highest BCUT2D eigenvalue weighted by molar-refractivity contribution is 5.95. The van der Waals surface area contributed by atoms with Crippen molar-refractivity contribution in [1.82, 2.24) is 21.3 Å². The lowest BCUT2D eigenvalue weighted by atomic mass is 9.98. The van der Waals surface area contributed by atoms with Crippen LogP contribution in [0.2, 0.25) is 0 Å². The van der Waals surface area contributed by atoms with Gasteiger partial charge in [0.05, 0.1) is 6.61 Å². The second-order valence-electron chi connectivity index (χ2n) is 12.0. The first-order valence-corrected chi connectivity index (χ1v) is 15.2. The number of carbonyl (C=O) groups is 5. The quantitative estimate of drug-likeness (QED) is 0.0439. The molecule has 0 unspecified atom stereocenters. The summed E-state index contributed by atoms with van der Waals surface area (Å²) in [5.41, 5.74) is 22.3. The second kappa shape index (κ2) is 19.9. The van der Waals surface area contributed by atoms with E-state index in [2.05, 4.69) is 26.3 Å². The lowest BCUT2D eigenvalue weighted by molar-refractivity contribution is -0.135. The van der Waals surface area contributed by atoms with Crippen molar-refractivity contribution in [2.45, 2.75) is 90.0 Å². The van der Waals surface area contributed by atoms with Gasteiger partial charge in [-0.05, 0) is 55.2 Å². The van der Waals surface area contributed by atoms with Crippen LogP contribution in [0.1, 0.15) is 58.9 Å². The number of rotatable bonds is 20. The molecule has 1 aromatic rings. The Bertz CT molecular complexity index is 1190. The second-order valence-corrected chi connectivity index (χ2v) is 12.0. The number of carbonyl (C=O) groups excluding carboxylic acids is 5. The molecule has 0 fully saturated rings. The minimum Gasteiger partial charge on any atom is -0.394 e. The molecular formula is C30H50FN9O6. The van der Waals surface area contributed by atoms with Gasteiger partial charge in [0.25, 0.3) is 0 Å². The molecule has 5 atom stereocenters. The molecule has 1 aromatic carbocycles. The van der Waals surface area contributed by atoms with Crippen molar-refractivity contribution in [3.8, 4) is 0 Å². The van der Waals surface area contributed by atoms with Gasteiger partial charge in [-0.15, -0.1) is 0 Å². The molecule has 0 aromatic heterocycles. The van der Waals surface area contributed by atoms with Gasteiger partial charge in [-0.25, -0.2) is 4.39 Å². The van der Waals surface area contributed by atoms with Crippen LogP contribution in [0.3, 0.4) is 0 Å². The minimum atomic E-state index is -1.30. The molecule has 0 bridgehead atoms. The summed E-state index contributed by atoms with van der Waals surface area (Å²) in [4.78, 5) is 68.8. The van der Waals surface area contributed by atoms with Crippen LogP contribution < -0.4 is 44.2 Å². The highest BCUT2D eigenvalue weighted by Gasteiger charge is 2.32. The van der Waals surface area contributed by atoms with E-state index in [1.165, 1.54) is 24.3 Å². The Labute approximate surface area is 268 Å². The average molecular weight is 652 g/mol. The summed E-state index contributed by atoms with van der Waals surface area (Å²) in [5.74, 6) is -4.33. The van der Waals surface area contributed by atoms with E-state index >= 15 is 0 Å². The Balaban J connectivity index is 3.18. The van der Waals surface area contributed by atoms with Crippen LogP contribution in [0.15, 0.2) is 29.3 Å². The number of hydrogen-bond donors (Lipinski definition) is 9. The van der Waals surface area contributed by atoms with Gasteiger partial charge >= 0.3 is 0 Å². The zero-order valence-corrected chi connectivity index (χ0v) is 26.9. The molecular weight excluding hydrogens is 601 g/mol. The fourth-order valence-electron chi connectivity index (χ4n) is 4.44. The molecule has 1 rings (SSSR count). The normalized spacial score (nSPS) is 14.4. The monoisotopic (exact) mass is 651 g/mol. The fraction of sp³-hybridized carbons (Fsp3) is 0.600. The van der Waals surface area contributed by atoms with E-state index in [0.29, 0.717) is 12.0 Å². The van der Waals surface area contributed by atoms with Crippen molar-refractivity contribution in [1.29, 1.82) is 0 Å². The summed E-state index contributed by atoms with van der Waals surface area (Å²) in [5, 5.41) is 19.7. The number of amides is 5. The predicted molar refractivity (Wildman–Crippen MR) is 171 cm³/mol. The van der Waals surface area contributed by atoms with Crippen molar-refractivity contribution < 1.29 is 33.5 Å². The number of primary amides is 1. The number of guanidine groups is 1. The van der Waals surface area contributed by atoms with Crippen LogP contribution in [0.5, 0.6) is 0 Å². The molecule has 0 spiro atoms. The van der Waals surface area contributed by atoms with Crippen LogP contribution in [-0.2, 0) is 30.4 Å². The van der Waals surface area contributed by atoms with E-state index < -0.39 is 72.2 Å². The smallest absolute Gasteiger partial charge is 0.243 e. The van der Waals surface area contributed by atoms with Crippen LogP contribution in [0.25, 0.3) is 0 Å². The lowest BCUT2D eigenvalue weighted by Crippen LogP contribution is -2.59. The van der Waals surface area contributed by atoms with Crippen molar-refractivity contribution >= 4 is 35.5 Å². The maximum absolute atomic E-state index is 13.6. The zero-order valence-electron chi connectivity index (χ0n) is 26.9. The Morgan fingerprint density at radius 3 is 1.65 bits per heavy atom. The fourth-order valence-corrected chi connectivity index (χ4v) is 4.44. The van der Waals surface area contributed by atoms with E-state index in [1.54, 1.807) is 0 Å². The number of nitrogens with one attached hydrogen (secondary N) is 4. The summed E-state index contributed by atoms with van der Waals surface area (Å²) in [7, 11) is 0. The first-order valence-electron chi connectivity index (χ1n) is 15.2. The van der Waals surface area contributed by atoms with Crippen molar-refractivity contribution in [3.63, 3.8) is 0 Å². The SMILES string of the molecule is CC(C)C[C@H](NC(=O)[C@H](CC(C)C)NC(=O)[C@@H](Cc1ccc(F)cc1)NC(=O)[C@@H](N)CO)C(=O)N[C@@H](CCCN=C(N)N)C(N)=O. The molecule has 13 N–H and O–H groups in total. The molecule has 0 radical (unpaired) electrons. The van der Waals surface area contributed by atoms with Gasteiger partial charge in [-0.3, -0.25) is 29.0 Å². The molecule has 46 heavy (non-hydrogen) atoms. The molecule has 15 nitrogen and oxygen atoms in total. The van der Waals surface area contributed by atoms with E-state index in [9.17, 15) is 33.5 Å². The lowest BCUT2D eigenvalue weighted by Gasteiger charge is -2.28. The third-order valence-corrected chi connectivity index (χ3v) is 6.80. The van der Waals surface area contributed by atoms with Crippen LogP contribution in [0, 0.1) is 17.7 Å². The zero-order chi connectivity index (χ0) is 35.0. The van der Waals surface area contributed by atoms with Crippen LogP contribution in [0.4, 0.5) is 4.39 Å². The van der Waals surface area contributed by atoms with Crippen molar-refractivity contribution in [2.75, 3.05) is 13.2 Å². The number of nitrogens with two attached hydrogens (primary N) is 4. The first-order chi connectivity index (χ1) is 21.5. The molecule has 258 valence electrons. The summed E-state index contributed by atoms with van der Waals surface area (Å²) in [6.07, 6.45) is 0.834. The number of nitrogens with zero attached hydrogens (tertiary/aromatic N) is 1. The number of benzene rings is 1. The van der Waals surface area contributed by atoms with E-state index in [-0.39, 0.29) is 50.0 Å². The molecule has 0 saturated heterocycles. The van der Waals surface area contributed by atoms with Gasteiger partial charge in [-0.2, -0.15) is 0 Å². The standard InChI is InChI=1S/C30H50FN9O6/c1-16(2)12-22(27(44)37-21(25(33)42)6-5-11-36-30(34)35)39-28(45)23(13-17(3)4)40-29(46)24(38-26(43)20(32)15-41)14-18-7-9-19(31)10-8-18/h7-10,16-17,20-24,41H,5-6,11-15,32H2,1-4H3,(H2,33,42)(H,37,44)(H,38,43)(H,39,45)(H,40,46)(H4,34,35,36)/t20-,21-,22-,23-,24+/m0/s1. The van der Waals surface area contributed by atoms with Gasteiger partial charge in [0.1, 0.15) is 36.0 Å². The summed E-state index contributed by atoms with van der Waals surface area (Å²) >= 11 is 0. The highest BCUT2D eigenvalue weighted by Crippen LogP contribution is 2.12. The maximum atomic E-state index is 13.6. The average Bonchev–Trinajstić information content (AvgIpc) is 2.97. The van der Waals surface area contributed by atoms with Gasteiger partial charge in [0.15, 0.2) is 5.96 Å². The molecule has 0 aliphatic carbocycles. The Morgan fingerprint density at radius 1 is 0.761 bits per heavy atom. The Hall–Kier alpha value is -4.31. The molecule has 0 heterocycles. The third-order valence-electron chi connectivity index (χ3n) is 6.80. The van der Waals surface area contributed by atoms with E-state index in [4.69, 9.17) is 22.9 Å². The highest BCUT2D eigenvalue weighted by atomic mass is 19.1. The van der Waals surface area contributed by atoms with Crippen LogP contribution >= 0.6 is 0 Å². The topological polar surface area (TPSA) is 270 Å². The van der Waals surface area contributed by atoms with Crippen molar-refractivity contribution in [2.24, 2.45) is 39.8 Å². The van der Waals surface area contributed by atoms with Gasteiger partial charge in [-0.1, -0.05) is 39.8 Å². The Morgan fingerprint density at radius 2 is 1.22 bits per heavy atom. The predicted octanol–water partition coefficient (Wildman–Crippen LogP) is -1.74. The number of aliphatic imine (C=N–C) groups is 1. The van der Waals surface area contributed by atoms with Gasteiger partial charge in [0.2, 0.25) is 29.5 Å². The molecule has 0 saturated carbocycles.